The maximum absolute atomic E-state index is 11.9. The van der Waals surface area contributed by atoms with Gasteiger partial charge in [0, 0.05) is 24.2 Å². The molecule has 0 aliphatic carbocycles. The van der Waals surface area contributed by atoms with Gasteiger partial charge in [0.15, 0.2) is 11.3 Å². The quantitative estimate of drug-likeness (QED) is 0.742. The number of nitrogens with zero attached hydrogens (tertiary/aromatic N) is 6. The molecule has 9 nitrogen and oxygen atoms in total. The van der Waals surface area contributed by atoms with Crippen LogP contribution in [0.3, 0.4) is 0 Å². The van der Waals surface area contributed by atoms with Crippen LogP contribution in [0.2, 0.25) is 0 Å². The molecule has 1 aliphatic rings. The molecule has 2 aromatic heterocycles. The number of H-pyrrole nitrogens is 1. The average Bonchev–Trinajstić information content (AvgIpc) is 2.94. The highest BCUT2D eigenvalue weighted by Gasteiger charge is 2.44. The Kier molecular flexibility index (Phi) is 4.76. The number of carbonyl (C=O) groups is 1. The number of nitrogens with one attached hydrogen (secondary N) is 1. The van der Waals surface area contributed by atoms with Crippen LogP contribution in [0, 0.1) is 11.3 Å². The number of halogens is 1. The van der Waals surface area contributed by atoms with E-state index in [2.05, 4.69) is 42.2 Å². The number of fused-ring (bicyclic) bond motifs is 1. The number of rotatable bonds is 2. The van der Waals surface area contributed by atoms with Gasteiger partial charge in [0.05, 0.1) is 5.39 Å². The molecule has 0 atom stereocenters. The highest BCUT2D eigenvalue weighted by Crippen LogP contribution is 2.35. The highest BCUT2D eigenvalue weighted by molar-refractivity contribution is 9.10. The highest BCUT2D eigenvalue weighted by atomic mass is 79.9. The minimum absolute atomic E-state index is 0.255. The zero-order chi connectivity index (χ0) is 20.0. The van der Waals surface area contributed by atoms with E-state index in [9.17, 15) is 15.2 Å². The number of piperidine rings is 1. The molecule has 1 amide bonds. The van der Waals surface area contributed by atoms with Crippen molar-refractivity contribution >= 4 is 39.0 Å². The van der Waals surface area contributed by atoms with Crippen molar-refractivity contribution in [2.45, 2.75) is 51.6 Å². The van der Waals surface area contributed by atoms with Crippen molar-refractivity contribution in [2.75, 3.05) is 18.0 Å². The number of hydrogen-bond acceptors (Lipinski definition) is 6. The summed E-state index contributed by atoms with van der Waals surface area (Å²) in [6.45, 7) is 8.91. The van der Waals surface area contributed by atoms with Gasteiger partial charge in [-0.3, -0.25) is 10.00 Å². The van der Waals surface area contributed by atoms with Crippen molar-refractivity contribution < 1.29 is 9.90 Å². The molecule has 3 rings (SSSR count). The molecule has 2 aromatic rings. The third-order valence-corrected chi connectivity index (χ3v) is 5.57. The lowest BCUT2D eigenvalue weighted by Crippen LogP contribution is -2.61. The lowest BCUT2D eigenvalue weighted by atomic mass is 9.84. The minimum Gasteiger partial charge on any atom is -0.465 e. The molecule has 0 bridgehead atoms. The van der Waals surface area contributed by atoms with E-state index in [1.807, 2.05) is 32.6 Å². The largest absolute Gasteiger partial charge is 0.465 e. The molecule has 1 fully saturated rings. The molecular formula is C17H22BrN7O2. The first-order valence-electron chi connectivity index (χ1n) is 8.67. The third kappa shape index (κ3) is 3.43. The first kappa shape index (κ1) is 19.4. The van der Waals surface area contributed by atoms with Crippen molar-refractivity contribution in [3.05, 3.63) is 10.3 Å². The zero-order valence-electron chi connectivity index (χ0n) is 15.7. The van der Waals surface area contributed by atoms with Crippen molar-refractivity contribution in [1.29, 1.82) is 5.26 Å². The molecule has 1 aliphatic heterocycles. The van der Waals surface area contributed by atoms with Gasteiger partial charge in [0.1, 0.15) is 10.7 Å². The van der Waals surface area contributed by atoms with Gasteiger partial charge in [0.2, 0.25) is 5.95 Å². The Hall–Kier alpha value is -2.41. The van der Waals surface area contributed by atoms with E-state index in [4.69, 9.17) is 0 Å². The summed E-state index contributed by atoms with van der Waals surface area (Å²) in [7, 11) is 0. The van der Waals surface area contributed by atoms with Crippen LogP contribution in [0.25, 0.3) is 11.0 Å². The van der Waals surface area contributed by atoms with E-state index in [-0.39, 0.29) is 5.69 Å². The van der Waals surface area contributed by atoms with Gasteiger partial charge < -0.3 is 10.0 Å². The molecule has 0 unspecified atom stereocenters. The lowest BCUT2D eigenvalue weighted by molar-refractivity contribution is 0.0117. The zero-order valence-corrected chi connectivity index (χ0v) is 17.3. The van der Waals surface area contributed by atoms with E-state index < -0.39 is 17.2 Å². The number of aromatic amines is 1. The van der Waals surface area contributed by atoms with Gasteiger partial charge in [-0.05, 0) is 56.5 Å². The van der Waals surface area contributed by atoms with E-state index in [0.717, 1.165) is 0 Å². The Labute approximate surface area is 165 Å². The minimum atomic E-state index is -0.912. The number of carboxylic acid groups (broad SMARTS) is 1. The SMILES string of the molecule is CC(C)(C)N(C(=O)O)C1(C)CCN(c2nc(C#N)c3c(Br)n[nH]c3n2)CC1. The second-order valence-electron chi connectivity index (χ2n) is 7.99. The summed E-state index contributed by atoms with van der Waals surface area (Å²) in [6, 6.07) is 2.09. The Morgan fingerprint density at radius 2 is 2.00 bits per heavy atom. The summed E-state index contributed by atoms with van der Waals surface area (Å²) in [5, 5.41) is 26.5. The van der Waals surface area contributed by atoms with Crippen LogP contribution in [-0.2, 0) is 0 Å². The number of amides is 1. The summed E-state index contributed by atoms with van der Waals surface area (Å²) in [4.78, 5) is 24.3. The van der Waals surface area contributed by atoms with E-state index >= 15 is 0 Å². The van der Waals surface area contributed by atoms with Crippen molar-refractivity contribution in [1.82, 2.24) is 25.1 Å². The van der Waals surface area contributed by atoms with E-state index in [0.29, 0.717) is 47.5 Å². The van der Waals surface area contributed by atoms with Gasteiger partial charge in [0.25, 0.3) is 0 Å². The standard InChI is InChI=1S/C17H22BrN7O2/c1-16(2,3)25(15(26)27)17(4)5-7-24(8-6-17)14-20-10(9-19)11-12(18)22-23-13(11)21-14/h5-8H2,1-4H3,(H,26,27)(H,20,21,22,23). The molecule has 0 aromatic carbocycles. The van der Waals surface area contributed by atoms with Crippen molar-refractivity contribution in [3.8, 4) is 6.07 Å². The van der Waals surface area contributed by atoms with Gasteiger partial charge in [-0.15, -0.1) is 0 Å². The topological polar surface area (TPSA) is 122 Å². The van der Waals surface area contributed by atoms with Gasteiger partial charge in [-0.2, -0.15) is 15.3 Å². The maximum Gasteiger partial charge on any atom is 0.408 e. The predicted molar refractivity (Wildman–Crippen MR) is 104 cm³/mol. The van der Waals surface area contributed by atoms with Gasteiger partial charge >= 0.3 is 6.09 Å². The normalized spacial score (nSPS) is 17.0. The predicted octanol–water partition coefficient (Wildman–Crippen LogP) is 3.12. The fourth-order valence-corrected chi connectivity index (χ4v) is 4.31. The third-order valence-electron chi connectivity index (χ3n) is 4.99. The molecule has 0 spiro atoms. The summed E-state index contributed by atoms with van der Waals surface area (Å²) in [5.41, 5.74) is -0.210. The molecule has 0 radical (unpaired) electrons. The number of aromatic nitrogens is 4. The van der Waals surface area contributed by atoms with Gasteiger partial charge in [-0.25, -0.2) is 9.78 Å². The Morgan fingerprint density at radius 1 is 1.37 bits per heavy atom. The van der Waals surface area contributed by atoms with E-state index in [1.165, 1.54) is 0 Å². The summed E-state index contributed by atoms with van der Waals surface area (Å²) in [6.07, 6.45) is 0.379. The first-order valence-corrected chi connectivity index (χ1v) is 9.46. The molecule has 2 N–H and O–H groups in total. The Balaban J connectivity index is 1.87. The monoisotopic (exact) mass is 435 g/mol. The smallest absolute Gasteiger partial charge is 0.408 e. The molecular weight excluding hydrogens is 414 g/mol. The van der Waals surface area contributed by atoms with Gasteiger partial charge in [-0.1, -0.05) is 0 Å². The Morgan fingerprint density at radius 3 is 2.52 bits per heavy atom. The molecule has 0 saturated carbocycles. The van der Waals surface area contributed by atoms with Crippen molar-refractivity contribution in [2.24, 2.45) is 0 Å². The summed E-state index contributed by atoms with van der Waals surface area (Å²) in [5.74, 6) is 0.454. The van der Waals surface area contributed by atoms with E-state index in [1.54, 1.807) is 4.90 Å². The second kappa shape index (κ2) is 6.64. The van der Waals surface area contributed by atoms with Crippen LogP contribution in [0.4, 0.5) is 10.7 Å². The molecule has 144 valence electrons. The van der Waals surface area contributed by atoms with Crippen LogP contribution < -0.4 is 4.90 Å². The molecule has 27 heavy (non-hydrogen) atoms. The summed E-state index contributed by atoms with van der Waals surface area (Å²) >= 11 is 3.29. The van der Waals surface area contributed by atoms with Crippen LogP contribution in [-0.4, -0.2) is 60.4 Å². The molecule has 3 heterocycles. The van der Waals surface area contributed by atoms with Crippen molar-refractivity contribution in [3.63, 3.8) is 0 Å². The lowest BCUT2D eigenvalue weighted by Gasteiger charge is -2.50. The van der Waals surface area contributed by atoms with Crippen LogP contribution in [0.1, 0.15) is 46.2 Å². The van der Waals surface area contributed by atoms with Crippen LogP contribution in [0.5, 0.6) is 0 Å². The van der Waals surface area contributed by atoms with Crippen LogP contribution >= 0.6 is 15.9 Å². The number of hydrogen-bond donors (Lipinski definition) is 2. The Bertz CT molecular complexity index is 920. The maximum atomic E-state index is 11.9. The second-order valence-corrected chi connectivity index (χ2v) is 8.75. The molecule has 1 saturated heterocycles. The number of anilines is 1. The fraction of sp³-hybridized carbons (Fsp3) is 0.588. The van der Waals surface area contributed by atoms with Crippen LogP contribution in [0.15, 0.2) is 4.60 Å². The molecule has 10 heteroatoms. The first-order chi connectivity index (χ1) is 12.6. The average molecular weight is 436 g/mol. The summed E-state index contributed by atoms with van der Waals surface area (Å²) < 4.78 is 0.508. The fourth-order valence-electron chi connectivity index (χ4n) is 3.85. The number of nitriles is 1.